The minimum atomic E-state index is -0.819. The molecular formula is C4H8O4. The van der Waals surface area contributed by atoms with Crippen molar-refractivity contribution in [2.24, 2.45) is 0 Å². The largest absolute Gasteiger partial charge is 0.365 e. The summed E-state index contributed by atoms with van der Waals surface area (Å²) in [6.45, 7) is 0. The van der Waals surface area contributed by atoms with Crippen LogP contribution in [0.25, 0.3) is 0 Å². The topological polar surface area (TPSA) is 47.9 Å². The van der Waals surface area contributed by atoms with Gasteiger partial charge < -0.3 is 9.84 Å². The van der Waals surface area contributed by atoms with Crippen molar-refractivity contribution in [3.8, 4) is 0 Å². The molecule has 0 aromatic rings. The zero-order chi connectivity index (χ0) is 5.98. The van der Waals surface area contributed by atoms with Gasteiger partial charge in [-0.25, -0.2) is 9.78 Å². The van der Waals surface area contributed by atoms with Gasteiger partial charge >= 0.3 is 0 Å². The Morgan fingerprint density at radius 3 is 2.62 bits per heavy atom. The Labute approximate surface area is 46.9 Å². The molecule has 0 spiro atoms. The van der Waals surface area contributed by atoms with E-state index in [0.717, 1.165) is 0 Å². The molecule has 0 bridgehead atoms. The molecule has 1 aliphatic heterocycles. The summed E-state index contributed by atoms with van der Waals surface area (Å²) in [6, 6.07) is 0. The minimum Gasteiger partial charge on any atom is -0.365 e. The van der Waals surface area contributed by atoms with Crippen LogP contribution in [0, 0.1) is 0 Å². The molecule has 0 radical (unpaired) electrons. The smallest absolute Gasteiger partial charge is 0.195 e. The van der Waals surface area contributed by atoms with Gasteiger partial charge in [0.2, 0.25) is 0 Å². The average Bonchev–Trinajstić information content (AvgIpc) is 2.14. The van der Waals surface area contributed by atoms with Gasteiger partial charge in [0.1, 0.15) is 0 Å². The van der Waals surface area contributed by atoms with Crippen LogP contribution in [0.1, 0.15) is 6.42 Å². The molecule has 0 unspecified atom stereocenters. The Bertz CT molecular complexity index is 74.4. The SMILES string of the molecule is CO[C@@H]1C[C@@H](O)OO1. The minimum absolute atomic E-state index is 0.385. The summed E-state index contributed by atoms with van der Waals surface area (Å²) in [5.41, 5.74) is 0. The highest BCUT2D eigenvalue weighted by molar-refractivity contribution is 4.48. The van der Waals surface area contributed by atoms with Crippen molar-refractivity contribution in [2.45, 2.75) is 19.0 Å². The van der Waals surface area contributed by atoms with Crippen LogP contribution in [0.15, 0.2) is 0 Å². The zero-order valence-corrected chi connectivity index (χ0v) is 4.53. The molecule has 0 aliphatic carbocycles. The predicted molar refractivity (Wildman–Crippen MR) is 23.6 cm³/mol. The van der Waals surface area contributed by atoms with Crippen molar-refractivity contribution in [1.29, 1.82) is 0 Å². The Morgan fingerprint density at radius 2 is 2.38 bits per heavy atom. The quantitative estimate of drug-likeness (QED) is 0.479. The van der Waals surface area contributed by atoms with Crippen molar-refractivity contribution in [3.05, 3.63) is 0 Å². The van der Waals surface area contributed by atoms with Gasteiger partial charge in [-0.2, -0.15) is 0 Å². The van der Waals surface area contributed by atoms with E-state index >= 15 is 0 Å². The fourth-order valence-electron chi connectivity index (χ4n) is 0.505. The van der Waals surface area contributed by atoms with E-state index in [-0.39, 0.29) is 0 Å². The third-order valence-electron chi connectivity index (χ3n) is 0.931. The van der Waals surface area contributed by atoms with Crippen molar-refractivity contribution >= 4 is 0 Å². The van der Waals surface area contributed by atoms with E-state index in [1.54, 1.807) is 0 Å². The van der Waals surface area contributed by atoms with Crippen LogP contribution in [0.5, 0.6) is 0 Å². The number of aliphatic hydroxyl groups excluding tert-OH is 1. The number of hydrogen-bond donors (Lipinski definition) is 1. The molecule has 0 aromatic heterocycles. The molecule has 1 aliphatic rings. The summed E-state index contributed by atoms with van der Waals surface area (Å²) < 4.78 is 4.67. The molecule has 1 heterocycles. The third-order valence-corrected chi connectivity index (χ3v) is 0.931. The first-order chi connectivity index (χ1) is 3.83. The van der Waals surface area contributed by atoms with Gasteiger partial charge in [-0.3, -0.25) is 0 Å². The van der Waals surface area contributed by atoms with Crippen LogP contribution in [0.3, 0.4) is 0 Å². The molecule has 1 saturated heterocycles. The van der Waals surface area contributed by atoms with Crippen LogP contribution in [-0.2, 0) is 14.5 Å². The summed E-state index contributed by atoms with van der Waals surface area (Å²) >= 11 is 0. The van der Waals surface area contributed by atoms with Gasteiger partial charge in [0.15, 0.2) is 12.6 Å². The summed E-state index contributed by atoms with van der Waals surface area (Å²) in [6.07, 6.45) is -0.832. The summed E-state index contributed by atoms with van der Waals surface area (Å²) in [5, 5.41) is 8.60. The van der Waals surface area contributed by atoms with Crippen LogP contribution >= 0.6 is 0 Å². The first-order valence-electron chi connectivity index (χ1n) is 2.36. The van der Waals surface area contributed by atoms with Crippen molar-refractivity contribution in [2.75, 3.05) is 7.11 Å². The Kier molecular flexibility index (Phi) is 1.80. The van der Waals surface area contributed by atoms with Gasteiger partial charge in [-0.15, -0.1) is 0 Å². The third kappa shape index (κ3) is 1.16. The number of methoxy groups -OCH3 is 1. The fourth-order valence-corrected chi connectivity index (χ4v) is 0.505. The molecule has 0 amide bonds. The second-order valence-corrected chi connectivity index (χ2v) is 1.55. The standard InChI is InChI=1S/C4H8O4/c1-6-4-2-3(5)7-8-4/h3-5H,2H2,1H3/t3-,4-/m0/s1. The number of rotatable bonds is 1. The van der Waals surface area contributed by atoms with Gasteiger partial charge in [-0.1, -0.05) is 0 Å². The van der Waals surface area contributed by atoms with Gasteiger partial charge in [0, 0.05) is 7.11 Å². The van der Waals surface area contributed by atoms with Crippen LogP contribution in [0.2, 0.25) is 0 Å². The van der Waals surface area contributed by atoms with E-state index < -0.39 is 12.6 Å². The molecule has 0 aromatic carbocycles. The highest BCUT2D eigenvalue weighted by Gasteiger charge is 2.24. The predicted octanol–water partition coefficient (Wildman–Crippen LogP) is -0.371. The van der Waals surface area contributed by atoms with E-state index in [2.05, 4.69) is 14.5 Å². The van der Waals surface area contributed by atoms with Crippen LogP contribution in [0.4, 0.5) is 0 Å². The Hall–Kier alpha value is -0.160. The average molecular weight is 120 g/mol. The lowest BCUT2D eigenvalue weighted by molar-refractivity contribution is -0.363. The number of ether oxygens (including phenoxy) is 1. The number of aliphatic hydroxyl groups is 1. The Morgan fingerprint density at radius 1 is 1.62 bits per heavy atom. The van der Waals surface area contributed by atoms with Gasteiger partial charge in [-0.05, 0) is 0 Å². The molecule has 1 N–H and O–H groups in total. The zero-order valence-electron chi connectivity index (χ0n) is 4.53. The second kappa shape index (κ2) is 2.41. The van der Waals surface area contributed by atoms with Crippen molar-refractivity contribution in [3.63, 3.8) is 0 Å². The molecular weight excluding hydrogens is 112 g/mol. The monoisotopic (exact) mass is 120 g/mol. The van der Waals surface area contributed by atoms with E-state index in [9.17, 15) is 0 Å². The normalized spacial score (nSPS) is 38.2. The molecule has 2 atom stereocenters. The molecule has 8 heavy (non-hydrogen) atoms. The molecule has 48 valence electrons. The fraction of sp³-hybridized carbons (Fsp3) is 1.00. The second-order valence-electron chi connectivity index (χ2n) is 1.55. The Balaban J connectivity index is 2.22. The maximum Gasteiger partial charge on any atom is 0.195 e. The summed E-state index contributed by atoms with van der Waals surface area (Å²) in [4.78, 5) is 8.73. The van der Waals surface area contributed by atoms with Crippen molar-refractivity contribution in [1.82, 2.24) is 0 Å². The van der Waals surface area contributed by atoms with Crippen molar-refractivity contribution < 1.29 is 19.6 Å². The van der Waals surface area contributed by atoms with Gasteiger partial charge in [0.05, 0.1) is 6.42 Å². The molecule has 1 fully saturated rings. The molecule has 4 nitrogen and oxygen atoms in total. The highest BCUT2D eigenvalue weighted by Crippen LogP contribution is 2.13. The number of hydrogen-bond acceptors (Lipinski definition) is 4. The first-order valence-corrected chi connectivity index (χ1v) is 2.36. The molecule has 0 saturated carbocycles. The lowest BCUT2D eigenvalue weighted by Crippen LogP contribution is -2.07. The van der Waals surface area contributed by atoms with Gasteiger partial charge in [0.25, 0.3) is 0 Å². The van der Waals surface area contributed by atoms with E-state index in [0.29, 0.717) is 6.42 Å². The lowest BCUT2D eigenvalue weighted by atomic mass is 10.4. The first kappa shape index (κ1) is 5.97. The van der Waals surface area contributed by atoms with E-state index in [4.69, 9.17) is 5.11 Å². The summed E-state index contributed by atoms with van der Waals surface area (Å²) in [7, 11) is 1.49. The summed E-state index contributed by atoms with van der Waals surface area (Å²) in [5.74, 6) is 0. The highest BCUT2D eigenvalue weighted by atomic mass is 17.3. The van der Waals surface area contributed by atoms with Crippen LogP contribution < -0.4 is 0 Å². The molecule has 1 rings (SSSR count). The van der Waals surface area contributed by atoms with E-state index in [1.165, 1.54) is 7.11 Å². The maximum absolute atomic E-state index is 8.60. The lowest BCUT2D eigenvalue weighted by Gasteiger charge is -1.99. The molecule has 4 heteroatoms. The van der Waals surface area contributed by atoms with E-state index in [1.807, 2.05) is 0 Å². The maximum atomic E-state index is 8.60. The van der Waals surface area contributed by atoms with Crippen LogP contribution in [-0.4, -0.2) is 24.8 Å².